The Hall–Kier alpha value is -2.02. The molecule has 25 heavy (non-hydrogen) atoms. The first kappa shape index (κ1) is 16.4. The van der Waals surface area contributed by atoms with Gasteiger partial charge in [-0.1, -0.05) is 30.3 Å². The molecule has 5 nitrogen and oxygen atoms in total. The molecule has 2 atom stereocenters. The van der Waals surface area contributed by atoms with E-state index >= 15 is 0 Å². The van der Waals surface area contributed by atoms with Crippen molar-refractivity contribution < 1.29 is 4.74 Å². The van der Waals surface area contributed by atoms with Gasteiger partial charge in [0.05, 0.1) is 23.6 Å². The van der Waals surface area contributed by atoms with Gasteiger partial charge in [0.15, 0.2) is 4.96 Å². The van der Waals surface area contributed by atoms with Crippen LogP contribution in [0.3, 0.4) is 0 Å². The van der Waals surface area contributed by atoms with Gasteiger partial charge >= 0.3 is 0 Å². The fourth-order valence-corrected chi connectivity index (χ4v) is 4.42. The van der Waals surface area contributed by atoms with Crippen LogP contribution in [-0.2, 0) is 11.3 Å². The maximum atomic E-state index is 12.7. The fourth-order valence-electron chi connectivity index (χ4n) is 3.50. The number of ether oxygens (including phenoxy) is 1. The zero-order valence-electron chi connectivity index (χ0n) is 14.4. The molecule has 3 heterocycles. The standard InChI is InChI=1S/C19H21N3O2S/c1-13-9-21(10-14(2)24-13)11-16-8-18(23)22-17(12-25-19(22)20-16)15-6-4-3-5-7-15/h3-8,12-14H,9-11H2,1-2H3/t13-,14+. The minimum Gasteiger partial charge on any atom is -0.373 e. The van der Waals surface area contributed by atoms with E-state index in [2.05, 4.69) is 18.7 Å². The maximum absolute atomic E-state index is 12.7. The Kier molecular flexibility index (Phi) is 4.41. The van der Waals surface area contributed by atoms with Crippen molar-refractivity contribution in [2.75, 3.05) is 13.1 Å². The molecule has 0 amide bonds. The van der Waals surface area contributed by atoms with E-state index in [1.165, 1.54) is 11.3 Å². The van der Waals surface area contributed by atoms with E-state index < -0.39 is 0 Å². The number of benzene rings is 1. The quantitative estimate of drug-likeness (QED) is 0.724. The Balaban J connectivity index is 1.66. The van der Waals surface area contributed by atoms with Crippen LogP contribution in [0.15, 0.2) is 46.6 Å². The van der Waals surface area contributed by atoms with Crippen LogP contribution < -0.4 is 5.56 Å². The van der Waals surface area contributed by atoms with Crippen molar-refractivity contribution in [1.82, 2.24) is 14.3 Å². The van der Waals surface area contributed by atoms with E-state index in [-0.39, 0.29) is 17.8 Å². The number of hydrogen-bond donors (Lipinski definition) is 0. The topological polar surface area (TPSA) is 46.8 Å². The summed E-state index contributed by atoms with van der Waals surface area (Å²) in [5.74, 6) is 0. The highest BCUT2D eigenvalue weighted by Crippen LogP contribution is 2.24. The molecule has 1 fully saturated rings. The number of morpholine rings is 1. The highest BCUT2D eigenvalue weighted by atomic mass is 32.1. The van der Waals surface area contributed by atoms with Gasteiger partial charge in [0.25, 0.3) is 5.56 Å². The second-order valence-electron chi connectivity index (χ2n) is 6.64. The van der Waals surface area contributed by atoms with E-state index in [1.807, 2.05) is 35.7 Å². The number of hydrogen-bond acceptors (Lipinski definition) is 5. The van der Waals surface area contributed by atoms with Crippen LogP contribution in [-0.4, -0.2) is 39.6 Å². The summed E-state index contributed by atoms with van der Waals surface area (Å²) in [4.78, 5) is 20.5. The van der Waals surface area contributed by atoms with Gasteiger partial charge in [-0.05, 0) is 19.4 Å². The number of rotatable bonds is 3. The summed E-state index contributed by atoms with van der Waals surface area (Å²) in [6.45, 7) is 6.58. The maximum Gasteiger partial charge on any atom is 0.259 e. The summed E-state index contributed by atoms with van der Waals surface area (Å²) < 4.78 is 7.48. The SMILES string of the molecule is C[C@@H]1CN(Cc2cc(=O)n3c(-c4ccccc4)csc3n2)C[C@H](C)O1. The van der Waals surface area contributed by atoms with Gasteiger partial charge in [-0.25, -0.2) is 4.98 Å². The Morgan fingerprint density at radius 1 is 1.20 bits per heavy atom. The molecule has 1 aliphatic rings. The number of nitrogens with zero attached hydrogens (tertiary/aromatic N) is 3. The van der Waals surface area contributed by atoms with Crippen molar-refractivity contribution in [3.63, 3.8) is 0 Å². The van der Waals surface area contributed by atoms with E-state index in [0.717, 1.165) is 35.0 Å². The molecule has 0 saturated carbocycles. The summed E-state index contributed by atoms with van der Waals surface area (Å²) in [5, 5.41) is 2.00. The van der Waals surface area contributed by atoms with Crippen molar-refractivity contribution in [3.05, 3.63) is 57.8 Å². The Labute approximate surface area is 150 Å². The van der Waals surface area contributed by atoms with Crippen molar-refractivity contribution >= 4 is 16.3 Å². The van der Waals surface area contributed by atoms with Gasteiger partial charge in [-0.15, -0.1) is 11.3 Å². The summed E-state index contributed by atoms with van der Waals surface area (Å²) in [7, 11) is 0. The first-order chi connectivity index (χ1) is 12.1. The van der Waals surface area contributed by atoms with Crippen LogP contribution >= 0.6 is 11.3 Å². The Morgan fingerprint density at radius 2 is 1.92 bits per heavy atom. The lowest BCUT2D eigenvalue weighted by molar-refractivity contribution is -0.0707. The van der Waals surface area contributed by atoms with E-state index in [9.17, 15) is 4.79 Å². The predicted octanol–water partition coefficient (Wildman–Crippen LogP) is 3.03. The summed E-state index contributed by atoms with van der Waals surface area (Å²) in [6.07, 6.45) is 0.417. The molecular weight excluding hydrogens is 334 g/mol. The van der Waals surface area contributed by atoms with Crippen LogP contribution in [0.4, 0.5) is 0 Å². The molecule has 4 rings (SSSR count). The van der Waals surface area contributed by atoms with Crippen molar-refractivity contribution in [3.8, 4) is 11.3 Å². The third-order valence-electron chi connectivity index (χ3n) is 4.41. The summed E-state index contributed by atoms with van der Waals surface area (Å²) in [6, 6.07) is 11.6. The number of aromatic nitrogens is 2. The second-order valence-corrected chi connectivity index (χ2v) is 7.48. The second kappa shape index (κ2) is 6.71. The van der Waals surface area contributed by atoms with Crippen molar-refractivity contribution in [2.45, 2.75) is 32.6 Å². The molecule has 0 bridgehead atoms. The highest BCUT2D eigenvalue weighted by Gasteiger charge is 2.23. The number of thiazole rings is 1. The molecule has 1 aromatic carbocycles. The zero-order chi connectivity index (χ0) is 17.4. The van der Waals surface area contributed by atoms with Gasteiger partial charge in [0.1, 0.15) is 0 Å². The van der Waals surface area contributed by atoms with E-state index in [0.29, 0.717) is 6.54 Å². The molecule has 6 heteroatoms. The average molecular weight is 355 g/mol. The Morgan fingerprint density at radius 3 is 2.64 bits per heavy atom. The molecular formula is C19H21N3O2S. The third kappa shape index (κ3) is 3.38. The third-order valence-corrected chi connectivity index (χ3v) is 5.23. The highest BCUT2D eigenvalue weighted by molar-refractivity contribution is 7.15. The molecule has 130 valence electrons. The van der Waals surface area contributed by atoms with Crippen LogP contribution in [0.1, 0.15) is 19.5 Å². The smallest absolute Gasteiger partial charge is 0.259 e. The average Bonchev–Trinajstić information content (AvgIpc) is 2.99. The zero-order valence-corrected chi connectivity index (χ0v) is 15.2. The molecule has 2 aromatic heterocycles. The lowest BCUT2D eigenvalue weighted by Crippen LogP contribution is -2.45. The minimum atomic E-state index is -0.0190. The molecule has 0 radical (unpaired) electrons. The molecule has 0 spiro atoms. The lowest BCUT2D eigenvalue weighted by Gasteiger charge is -2.34. The molecule has 0 N–H and O–H groups in total. The molecule has 0 aliphatic carbocycles. The number of fused-ring (bicyclic) bond motifs is 1. The lowest BCUT2D eigenvalue weighted by atomic mass is 10.2. The molecule has 3 aromatic rings. The van der Waals surface area contributed by atoms with Crippen LogP contribution in [0.25, 0.3) is 16.2 Å². The van der Waals surface area contributed by atoms with Gasteiger partial charge in [-0.3, -0.25) is 14.1 Å². The van der Waals surface area contributed by atoms with Gasteiger partial charge in [-0.2, -0.15) is 0 Å². The summed E-state index contributed by atoms with van der Waals surface area (Å²) in [5.41, 5.74) is 2.74. The molecule has 0 unspecified atom stereocenters. The van der Waals surface area contributed by atoms with Gasteiger partial charge in [0.2, 0.25) is 0 Å². The van der Waals surface area contributed by atoms with Gasteiger partial charge < -0.3 is 4.74 Å². The van der Waals surface area contributed by atoms with Crippen LogP contribution in [0.2, 0.25) is 0 Å². The van der Waals surface area contributed by atoms with E-state index in [4.69, 9.17) is 9.72 Å². The molecule has 1 saturated heterocycles. The van der Waals surface area contributed by atoms with Crippen molar-refractivity contribution in [1.29, 1.82) is 0 Å². The first-order valence-electron chi connectivity index (χ1n) is 8.53. The Bertz CT molecular complexity index is 925. The predicted molar refractivity (Wildman–Crippen MR) is 100 cm³/mol. The van der Waals surface area contributed by atoms with E-state index in [1.54, 1.807) is 10.5 Å². The molecule has 1 aliphatic heterocycles. The monoisotopic (exact) mass is 355 g/mol. The van der Waals surface area contributed by atoms with Gasteiger partial charge in [0, 0.05) is 31.1 Å². The fraction of sp³-hybridized carbons (Fsp3) is 0.368. The van der Waals surface area contributed by atoms with Crippen LogP contribution in [0.5, 0.6) is 0 Å². The first-order valence-corrected chi connectivity index (χ1v) is 9.41. The largest absolute Gasteiger partial charge is 0.373 e. The normalized spacial score (nSPS) is 21.7. The van der Waals surface area contributed by atoms with Crippen LogP contribution in [0, 0.1) is 0 Å². The van der Waals surface area contributed by atoms with Crippen molar-refractivity contribution in [2.24, 2.45) is 0 Å². The minimum absolute atomic E-state index is 0.0190. The summed E-state index contributed by atoms with van der Waals surface area (Å²) >= 11 is 1.51.